The van der Waals surface area contributed by atoms with Crippen LogP contribution in [0, 0.1) is 20.8 Å². The predicted octanol–water partition coefficient (Wildman–Crippen LogP) is 6.06. The van der Waals surface area contributed by atoms with E-state index in [9.17, 15) is 9.90 Å². The van der Waals surface area contributed by atoms with E-state index < -0.39 is 11.6 Å². The van der Waals surface area contributed by atoms with Gasteiger partial charge in [-0.1, -0.05) is 48.2 Å². The lowest BCUT2D eigenvalue weighted by Gasteiger charge is -2.20. The number of carboxylic acid groups (broad SMARTS) is 1. The third kappa shape index (κ3) is 7.22. The molecule has 0 aromatic heterocycles. The Balaban J connectivity index is 0.000000654. The zero-order valence-electron chi connectivity index (χ0n) is 20.2. The van der Waals surface area contributed by atoms with E-state index in [1.54, 1.807) is 20.8 Å². The van der Waals surface area contributed by atoms with Crippen LogP contribution in [0.4, 0.5) is 0 Å². The number of carbonyl (C=O) groups is 1. The van der Waals surface area contributed by atoms with Crippen LogP contribution >= 0.6 is 12.8 Å². The molecule has 2 aromatic carbocycles. The van der Waals surface area contributed by atoms with Crippen LogP contribution < -0.4 is 4.72 Å². The highest BCUT2D eigenvalue weighted by atomic mass is 32.1. The van der Waals surface area contributed by atoms with Gasteiger partial charge in [0.15, 0.2) is 0 Å². The van der Waals surface area contributed by atoms with Crippen LogP contribution in [0.25, 0.3) is 16.7 Å². The summed E-state index contributed by atoms with van der Waals surface area (Å²) in [4.78, 5) is 11.5. The maximum Gasteiger partial charge on any atom is 0.307 e. The van der Waals surface area contributed by atoms with Gasteiger partial charge in [0, 0.05) is 6.54 Å². The second-order valence-corrected chi connectivity index (χ2v) is 9.89. The first-order valence-electron chi connectivity index (χ1n) is 11.1. The average molecular weight is 456 g/mol. The molecule has 0 aliphatic heterocycles. The minimum atomic E-state index is -0.793. The zero-order chi connectivity index (χ0) is 24.1. The normalized spacial score (nSPS) is 13.8. The van der Waals surface area contributed by atoms with E-state index in [1.807, 2.05) is 0 Å². The first-order chi connectivity index (χ1) is 14.9. The lowest BCUT2D eigenvalue weighted by atomic mass is 9.85. The Hall–Kier alpha value is -2.08. The number of thiol groups is 1. The summed E-state index contributed by atoms with van der Waals surface area (Å²) in [5.41, 5.74) is 10.1. The number of rotatable bonds is 6. The maximum atomic E-state index is 11.5. The molecule has 0 atom stereocenters. The van der Waals surface area contributed by atoms with E-state index >= 15 is 0 Å². The standard InChI is InChI=1S/C23H27NO2S.C4H10O/c1-14-7-9-17(10-8-14)22-11-20(19-6-4-5-18(19)13-24-27)15(2)16(3)21(22)12-23(25)26;1-4(2,3)5/h7-11,24,27H,4-6,12-13H2,1-3H3,(H,25,26);5H,1-3H3. The fourth-order valence-corrected chi connectivity index (χ4v) is 4.27. The third-order valence-electron chi connectivity index (χ3n) is 5.67. The minimum absolute atomic E-state index is 0.0419. The Kier molecular flexibility index (Phi) is 9.14. The van der Waals surface area contributed by atoms with Gasteiger partial charge in [0.2, 0.25) is 0 Å². The van der Waals surface area contributed by atoms with Gasteiger partial charge >= 0.3 is 5.97 Å². The molecule has 0 amide bonds. The summed E-state index contributed by atoms with van der Waals surface area (Å²) >= 11 is 4.19. The molecule has 0 heterocycles. The molecule has 0 saturated carbocycles. The van der Waals surface area contributed by atoms with Crippen molar-refractivity contribution in [2.75, 3.05) is 6.54 Å². The molecular formula is C27H37NO3S. The van der Waals surface area contributed by atoms with E-state index in [2.05, 4.69) is 68.6 Å². The second kappa shape index (κ2) is 11.2. The Labute approximate surface area is 198 Å². The molecule has 3 rings (SSSR count). The maximum absolute atomic E-state index is 11.5. The van der Waals surface area contributed by atoms with Gasteiger partial charge in [0.1, 0.15) is 0 Å². The molecule has 174 valence electrons. The Bertz CT molecular complexity index is 979. The van der Waals surface area contributed by atoms with E-state index in [-0.39, 0.29) is 6.42 Å². The molecule has 32 heavy (non-hydrogen) atoms. The molecule has 0 spiro atoms. The molecule has 0 unspecified atom stereocenters. The first kappa shape index (κ1) is 26.2. The van der Waals surface area contributed by atoms with Crippen molar-refractivity contribution >= 4 is 24.4 Å². The van der Waals surface area contributed by atoms with Crippen LogP contribution in [-0.2, 0) is 11.2 Å². The van der Waals surface area contributed by atoms with Crippen molar-refractivity contribution in [1.82, 2.24) is 4.72 Å². The summed E-state index contributed by atoms with van der Waals surface area (Å²) in [6.45, 7) is 12.3. The van der Waals surface area contributed by atoms with Crippen LogP contribution in [0.1, 0.15) is 67.9 Å². The highest BCUT2D eigenvalue weighted by molar-refractivity contribution is 7.78. The first-order valence-corrected chi connectivity index (χ1v) is 11.6. The van der Waals surface area contributed by atoms with Gasteiger partial charge in [-0.15, -0.1) is 0 Å². The van der Waals surface area contributed by atoms with Crippen LogP contribution in [0.5, 0.6) is 0 Å². The smallest absolute Gasteiger partial charge is 0.307 e. The summed E-state index contributed by atoms with van der Waals surface area (Å²) < 4.78 is 2.99. The van der Waals surface area contributed by atoms with Gasteiger partial charge in [-0.3, -0.25) is 9.52 Å². The molecule has 1 aliphatic carbocycles. The third-order valence-corrected chi connectivity index (χ3v) is 5.83. The quantitative estimate of drug-likeness (QED) is 0.400. The number of nitrogens with one attached hydrogen (secondary N) is 1. The van der Waals surface area contributed by atoms with Gasteiger partial charge in [0.25, 0.3) is 0 Å². The number of hydrogen-bond acceptors (Lipinski definition) is 4. The molecule has 2 aromatic rings. The van der Waals surface area contributed by atoms with Crippen molar-refractivity contribution in [1.29, 1.82) is 0 Å². The van der Waals surface area contributed by atoms with Crippen molar-refractivity contribution in [2.45, 2.75) is 72.8 Å². The zero-order valence-corrected chi connectivity index (χ0v) is 21.1. The molecule has 0 fully saturated rings. The number of allylic oxidation sites excluding steroid dienone is 1. The number of carboxylic acids is 1. The van der Waals surface area contributed by atoms with E-state index in [0.29, 0.717) is 0 Å². The number of aryl methyl sites for hydroxylation is 1. The topological polar surface area (TPSA) is 69.6 Å². The average Bonchev–Trinajstić information content (AvgIpc) is 3.13. The molecular weight excluding hydrogens is 418 g/mol. The molecule has 3 N–H and O–H groups in total. The predicted molar refractivity (Wildman–Crippen MR) is 137 cm³/mol. The van der Waals surface area contributed by atoms with Crippen LogP contribution in [-0.4, -0.2) is 28.3 Å². The summed E-state index contributed by atoms with van der Waals surface area (Å²) in [5, 5.41) is 18.0. The molecule has 0 bridgehead atoms. The number of aliphatic carboxylic acids is 1. The Morgan fingerprint density at radius 1 is 1.03 bits per heavy atom. The van der Waals surface area contributed by atoms with Gasteiger partial charge in [0.05, 0.1) is 12.0 Å². The summed E-state index contributed by atoms with van der Waals surface area (Å²) in [7, 11) is 0. The summed E-state index contributed by atoms with van der Waals surface area (Å²) in [6.07, 6.45) is 3.37. The molecule has 4 nitrogen and oxygen atoms in total. The van der Waals surface area contributed by atoms with Crippen molar-refractivity contribution in [3.05, 3.63) is 63.7 Å². The SMILES string of the molecule is CC(C)(C)O.Cc1ccc(-c2cc(C3=C(CNS)CCC3)c(C)c(C)c2CC(=O)O)cc1. The minimum Gasteiger partial charge on any atom is -0.481 e. The number of aliphatic hydroxyl groups is 1. The van der Waals surface area contributed by atoms with Gasteiger partial charge in [-0.05, 0) is 106 Å². The van der Waals surface area contributed by atoms with Gasteiger partial charge in [-0.25, -0.2) is 0 Å². The van der Waals surface area contributed by atoms with Crippen LogP contribution in [0.15, 0.2) is 35.9 Å². The Morgan fingerprint density at radius 3 is 2.16 bits per heavy atom. The highest BCUT2D eigenvalue weighted by Gasteiger charge is 2.22. The number of benzene rings is 2. The van der Waals surface area contributed by atoms with Crippen LogP contribution in [0.3, 0.4) is 0 Å². The molecule has 0 saturated heterocycles. The fraction of sp³-hybridized carbons (Fsp3) is 0.444. The lowest BCUT2D eigenvalue weighted by molar-refractivity contribution is -0.136. The van der Waals surface area contributed by atoms with Crippen LogP contribution in [0.2, 0.25) is 0 Å². The van der Waals surface area contributed by atoms with Gasteiger partial charge in [-0.2, -0.15) is 0 Å². The molecule has 0 radical (unpaired) electrons. The number of hydrogen-bond donors (Lipinski definition) is 4. The highest BCUT2D eigenvalue weighted by Crippen LogP contribution is 2.40. The lowest BCUT2D eigenvalue weighted by Crippen LogP contribution is -2.10. The summed E-state index contributed by atoms with van der Waals surface area (Å²) in [6, 6.07) is 10.6. The monoisotopic (exact) mass is 455 g/mol. The Morgan fingerprint density at radius 2 is 1.62 bits per heavy atom. The molecule has 1 aliphatic rings. The van der Waals surface area contributed by atoms with Crippen molar-refractivity contribution in [3.8, 4) is 11.1 Å². The fourth-order valence-electron chi connectivity index (χ4n) is 4.08. The second-order valence-electron chi connectivity index (χ2n) is 9.58. The summed E-state index contributed by atoms with van der Waals surface area (Å²) in [5.74, 6) is -0.793. The van der Waals surface area contributed by atoms with Gasteiger partial charge < -0.3 is 10.2 Å². The molecule has 5 heteroatoms. The van der Waals surface area contributed by atoms with Crippen molar-refractivity contribution < 1.29 is 15.0 Å². The van der Waals surface area contributed by atoms with E-state index in [4.69, 9.17) is 5.11 Å². The van der Waals surface area contributed by atoms with E-state index in [1.165, 1.54) is 27.8 Å². The van der Waals surface area contributed by atoms with E-state index in [0.717, 1.165) is 48.1 Å². The van der Waals surface area contributed by atoms with Crippen molar-refractivity contribution in [3.63, 3.8) is 0 Å². The largest absolute Gasteiger partial charge is 0.481 e. The van der Waals surface area contributed by atoms with Crippen molar-refractivity contribution in [2.24, 2.45) is 0 Å².